The van der Waals surface area contributed by atoms with E-state index in [-0.39, 0.29) is 11.9 Å². The first-order valence-corrected chi connectivity index (χ1v) is 11.5. The summed E-state index contributed by atoms with van der Waals surface area (Å²) in [7, 11) is 1.69. The Morgan fingerprint density at radius 1 is 1.03 bits per heavy atom. The van der Waals surface area contributed by atoms with Gasteiger partial charge in [0.25, 0.3) is 0 Å². The van der Waals surface area contributed by atoms with E-state index in [0.29, 0.717) is 17.9 Å². The summed E-state index contributed by atoms with van der Waals surface area (Å²) in [5.74, 6) is -1.33. The summed E-state index contributed by atoms with van der Waals surface area (Å²) in [5, 5.41) is 0.676. The molecule has 1 unspecified atom stereocenters. The van der Waals surface area contributed by atoms with E-state index in [2.05, 4.69) is 19.9 Å². The number of ether oxygens (including phenoxy) is 2. The smallest absolute Gasteiger partial charge is 0.322 e. The fraction of sp³-hybridized carbons (Fsp3) is 0.462. The van der Waals surface area contributed by atoms with Gasteiger partial charge in [0.15, 0.2) is 11.4 Å². The number of rotatable bonds is 5. The van der Waals surface area contributed by atoms with Gasteiger partial charge in [-0.15, -0.1) is 0 Å². The topological polar surface area (TPSA) is 52.6 Å². The summed E-state index contributed by atoms with van der Waals surface area (Å²) >= 11 is 6.08. The number of hydrogen-bond acceptors (Lipinski definition) is 4. The monoisotopic (exact) mass is 440 g/mol. The molecule has 0 radical (unpaired) electrons. The summed E-state index contributed by atoms with van der Waals surface area (Å²) in [4.78, 5) is 26.9. The van der Waals surface area contributed by atoms with Gasteiger partial charge in [-0.05, 0) is 78.5 Å². The standard InChI is InChI=1S/C26H29ClO4/c1-4-16-8-11-21(17-6-9-18(27)10-7-17)20(5-2)22(16)23-24(28)26(31-25(23)29)14-12-19(30-3)13-15-26/h6-11,19,23H,4-5,12-15H2,1-3H3. The molecule has 2 aliphatic rings. The van der Waals surface area contributed by atoms with E-state index < -0.39 is 17.5 Å². The summed E-state index contributed by atoms with van der Waals surface area (Å²) < 4.78 is 11.3. The van der Waals surface area contributed by atoms with Gasteiger partial charge in [0.2, 0.25) is 0 Å². The highest BCUT2D eigenvalue weighted by molar-refractivity contribution is 6.30. The quantitative estimate of drug-likeness (QED) is 0.444. The number of carbonyl (C=O) groups is 2. The summed E-state index contributed by atoms with van der Waals surface area (Å²) in [6.07, 6.45) is 4.12. The molecule has 1 atom stereocenters. The number of hydrogen-bond donors (Lipinski definition) is 0. The van der Waals surface area contributed by atoms with Crippen molar-refractivity contribution in [3.05, 3.63) is 58.1 Å². The molecule has 4 nitrogen and oxygen atoms in total. The third-order valence-electron chi connectivity index (χ3n) is 6.94. The van der Waals surface area contributed by atoms with E-state index >= 15 is 0 Å². The van der Waals surface area contributed by atoms with E-state index in [0.717, 1.165) is 53.5 Å². The van der Waals surface area contributed by atoms with Gasteiger partial charge in [0.05, 0.1) is 6.10 Å². The molecule has 1 aliphatic carbocycles. The van der Waals surface area contributed by atoms with Crippen molar-refractivity contribution in [2.45, 2.75) is 70.0 Å². The first-order chi connectivity index (χ1) is 14.9. The first kappa shape index (κ1) is 22.0. The number of aryl methyl sites for hydroxylation is 1. The molecule has 1 aliphatic heterocycles. The molecule has 1 spiro atoms. The Bertz CT molecular complexity index is 987. The lowest BCUT2D eigenvalue weighted by molar-refractivity contribution is -0.157. The lowest BCUT2D eigenvalue weighted by Crippen LogP contribution is -2.42. The summed E-state index contributed by atoms with van der Waals surface area (Å²) in [6.45, 7) is 4.13. The van der Waals surface area contributed by atoms with Gasteiger partial charge in [-0.25, -0.2) is 0 Å². The van der Waals surface area contributed by atoms with E-state index in [9.17, 15) is 9.59 Å². The maximum absolute atomic E-state index is 13.7. The molecule has 2 aromatic carbocycles. The second-order valence-corrected chi connectivity index (χ2v) is 8.96. The number of ketones is 1. The predicted octanol–water partition coefficient (Wildman–Crippen LogP) is 5.67. The predicted molar refractivity (Wildman–Crippen MR) is 121 cm³/mol. The molecule has 31 heavy (non-hydrogen) atoms. The fourth-order valence-corrected chi connectivity index (χ4v) is 5.35. The van der Waals surface area contributed by atoms with Crippen LogP contribution in [0.4, 0.5) is 0 Å². The molecular weight excluding hydrogens is 412 g/mol. The van der Waals surface area contributed by atoms with Crippen molar-refractivity contribution in [2.75, 3.05) is 7.11 Å². The third kappa shape index (κ3) is 3.81. The van der Waals surface area contributed by atoms with Crippen molar-refractivity contribution < 1.29 is 19.1 Å². The van der Waals surface area contributed by atoms with Crippen LogP contribution in [0.25, 0.3) is 11.1 Å². The second kappa shape index (κ2) is 8.76. The van der Waals surface area contributed by atoms with Gasteiger partial charge < -0.3 is 9.47 Å². The van der Waals surface area contributed by atoms with Crippen molar-refractivity contribution in [3.63, 3.8) is 0 Å². The molecule has 1 saturated heterocycles. The van der Waals surface area contributed by atoms with Gasteiger partial charge in [-0.1, -0.05) is 49.7 Å². The Kier molecular flexibility index (Phi) is 6.23. The molecule has 2 aromatic rings. The van der Waals surface area contributed by atoms with E-state index in [4.69, 9.17) is 21.1 Å². The van der Waals surface area contributed by atoms with Crippen molar-refractivity contribution in [2.24, 2.45) is 0 Å². The van der Waals surface area contributed by atoms with Gasteiger partial charge in [0, 0.05) is 12.1 Å². The number of methoxy groups -OCH3 is 1. The minimum atomic E-state index is -0.997. The molecule has 0 amide bonds. The van der Waals surface area contributed by atoms with Crippen molar-refractivity contribution >= 4 is 23.4 Å². The molecule has 5 heteroatoms. The molecule has 0 bridgehead atoms. The van der Waals surface area contributed by atoms with Gasteiger partial charge in [-0.2, -0.15) is 0 Å². The molecule has 0 N–H and O–H groups in total. The zero-order chi connectivity index (χ0) is 22.2. The highest BCUT2D eigenvalue weighted by Gasteiger charge is 2.57. The van der Waals surface area contributed by atoms with Crippen LogP contribution in [-0.2, 0) is 31.9 Å². The number of halogens is 1. The van der Waals surface area contributed by atoms with Crippen molar-refractivity contribution in [1.29, 1.82) is 0 Å². The van der Waals surface area contributed by atoms with Crippen LogP contribution in [0.5, 0.6) is 0 Å². The van der Waals surface area contributed by atoms with Gasteiger partial charge in [0.1, 0.15) is 5.92 Å². The van der Waals surface area contributed by atoms with Crippen molar-refractivity contribution in [3.8, 4) is 11.1 Å². The van der Waals surface area contributed by atoms with Crippen LogP contribution in [0.15, 0.2) is 36.4 Å². The maximum Gasteiger partial charge on any atom is 0.322 e. The molecule has 4 rings (SSSR count). The van der Waals surface area contributed by atoms with Gasteiger partial charge in [-0.3, -0.25) is 9.59 Å². The molecular formula is C26H29ClO4. The lowest BCUT2D eigenvalue weighted by atomic mass is 9.74. The minimum Gasteiger partial charge on any atom is -0.450 e. The molecule has 2 fully saturated rings. The van der Waals surface area contributed by atoms with E-state index in [1.54, 1.807) is 7.11 Å². The van der Waals surface area contributed by atoms with Gasteiger partial charge >= 0.3 is 5.97 Å². The Labute approximate surface area is 188 Å². The lowest BCUT2D eigenvalue weighted by Gasteiger charge is -2.33. The Balaban J connectivity index is 1.79. The maximum atomic E-state index is 13.7. The van der Waals surface area contributed by atoms with Crippen LogP contribution in [0.3, 0.4) is 0 Å². The number of Topliss-reactive ketones (excluding diaryl/α,β-unsaturated/α-hetero) is 1. The van der Waals surface area contributed by atoms with E-state index in [1.807, 2.05) is 30.3 Å². The highest BCUT2D eigenvalue weighted by atomic mass is 35.5. The second-order valence-electron chi connectivity index (χ2n) is 8.53. The van der Waals surface area contributed by atoms with Crippen LogP contribution in [0, 0.1) is 0 Å². The number of esters is 1. The fourth-order valence-electron chi connectivity index (χ4n) is 5.22. The molecule has 1 saturated carbocycles. The highest BCUT2D eigenvalue weighted by Crippen LogP contribution is 2.46. The SMILES string of the molecule is CCc1ccc(-c2ccc(Cl)cc2)c(CC)c1C1C(=O)OC2(CCC(OC)CC2)C1=O. The van der Waals surface area contributed by atoms with Crippen LogP contribution >= 0.6 is 11.6 Å². The Morgan fingerprint density at radius 2 is 1.71 bits per heavy atom. The van der Waals surface area contributed by atoms with Crippen LogP contribution < -0.4 is 0 Å². The zero-order valence-corrected chi connectivity index (χ0v) is 19.1. The molecule has 0 aromatic heterocycles. The Morgan fingerprint density at radius 3 is 2.29 bits per heavy atom. The normalized spacial score (nSPS) is 25.8. The average Bonchev–Trinajstić information content (AvgIpc) is 3.02. The number of benzene rings is 2. The Hall–Kier alpha value is -2.17. The largest absolute Gasteiger partial charge is 0.450 e. The minimum absolute atomic E-state index is 0.0790. The van der Waals surface area contributed by atoms with Crippen LogP contribution in [0.1, 0.15) is 62.1 Å². The van der Waals surface area contributed by atoms with Crippen LogP contribution in [0.2, 0.25) is 5.02 Å². The summed E-state index contributed by atoms with van der Waals surface area (Å²) in [6, 6.07) is 11.8. The average molecular weight is 441 g/mol. The summed E-state index contributed by atoms with van der Waals surface area (Å²) in [5.41, 5.74) is 3.99. The van der Waals surface area contributed by atoms with Crippen molar-refractivity contribution in [1.82, 2.24) is 0 Å². The first-order valence-electron chi connectivity index (χ1n) is 11.1. The molecule has 1 heterocycles. The van der Waals surface area contributed by atoms with Crippen LogP contribution in [-0.4, -0.2) is 30.6 Å². The zero-order valence-electron chi connectivity index (χ0n) is 18.4. The van der Waals surface area contributed by atoms with E-state index in [1.165, 1.54) is 0 Å². The number of carbonyl (C=O) groups excluding carboxylic acids is 2. The molecule has 164 valence electrons. The third-order valence-corrected chi connectivity index (χ3v) is 7.19.